The van der Waals surface area contributed by atoms with E-state index >= 15 is 0 Å². The van der Waals surface area contributed by atoms with Gasteiger partial charge in [-0.2, -0.15) is 10.5 Å². The second-order valence-electron chi connectivity index (χ2n) is 10.7. The van der Waals surface area contributed by atoms with Crippen molar-refractivity contribution in [2.24, 2.45) is 0 Å². The lowest BCUT2D eigenvalue weighted by atomic mass is 9.88. The molecule has 0 heterocycles. The molecule has 7 rings (SSSR count). The van der Waals surface area contributed by atoms with E-state index in [0.717, 1.165) is 39.2 Å². The van der Waals surface area contributed by atoms with E-state index in [1.54, 1.807) is 0 Å². The van der Waals surface area contributed by atoms with Crippen molar-refractivity contribution in [2.75, 3.05) is 10.2 Å². The molecule has 0 bridgehead atoms. The van der Waals surface area contributed by atoms with E-state index in [9.17, 15) is 10.5 Å². The number of anilines is 5. The molecule has 0 aliphatic carbocycles. The molecule has 42 heavy (non-hydrogen) atoms. The lowest BCUT2D eigenvalue weighted by Crippen LogP contribution is -2.11. The molecule has 0 saturated carbocycles. The average Bonchev–Trinajstić information content (AvgIpc) is 3.03. The van der Waals surface area contributed by atoms with Crippen molar-refractivity contribution in [3.63, 3.8) is 0 Å². The molecule has 0 unspecified atom stereocenters. The Kier molecular flexibility index (Phi) is 5.97. The summed E-state index contributed by atoms with van der Waals surface area (Å²) in [6.07, 6.45) is 0. The van der Waals surface area contributed by atoms with Crippen LogP contribution in [0, 0.1) is 36.5 Å². The zero-order valence-corrected chi connectivity index (χ0v) is 23.3. The van der Waals surface area contributed by atoms with Crippen molar-refractivity contribution in [3.8, 4) is 12.1 Å². The van der Waals surface area contributed by atoms with Gasteiger partial charge in [0, 0.05) is 33.5 Å². The topological polar surface area (TPSA) is 62.9 Å². The monoisotopic (exact) mass is 538 g/mol. The van der Waals surface area contributed by atoms with Crippen LogP contribution in [0.1, 0.15) is 22.3 Å². The van der Waals surface area contributed by atoms with Crippen LogP contribution in [-0.2, 0) is 0 Å². The number of rotatable bonds is 5. The predicted molar refractivity (Wildman–Crippen MR) is 173 cm³/mol. The first kappa shape index (κ1) is 25.1. The van der Waals surface area contributed by atoms with Crippen LogP contribution < -0.4 is 10.2 Å². The highest BCUT2D eigenvalue weighted by atomic mass is 15.1. The van der Waals surface area contributed by atoms with Crippen LogP contribution in [0.5, 0.6) is 0 Å². The third-order valence-corrected chi connectivity index (χ3v) is 8.05. The third kappa shape index (κ3) is 4.06. The summed E-state index contributed by atoms with van der Waals surface area (Å²) in [6, 6.07) is 43.6. The molecular weight excluding hydrogens is 512 g/mol. The van der Waals surface area contributed by atoms with E-state index < -0.39 is 0 Å². The fraction of sp³-hybridized carbons (Fsp3) is 0.0526. The SMILES string of the molecule is Cc1cc(Nc2cccc(C#N)c2)c2ccc3c(C)cc(N(c4ccccc4)c4cccc(C#N)c4)c4ccc1c2c34. The minimum Gasteiger partial charge on any atom is -0.355 e. The van der Waals surface area contributed by atoms with Crippen LogP contribution in [-0.4, -0.2) is 0 Å². The minimum absolute atomic E-state index is 0.620. The summed E-state index contributed by atoms with van der Waals surface area (Å²) in [7, 11) is 0. The first-order chi connectivity index (χ1) is 20.6. The molecule has 0 aliphatic rings. The molecule has 0 aromatic heterocycles. The summed E-state index contributed by atoms with van der Waals surface area (Å²) < 4.78 is 0. The van der Waals surface area contributed by atoms with Crippen LogP contribution in [0.2, 0.25) is 0 Å². The van der Waals surface area contributed by atoms with Crippen molar-refractivity contribution in [3.05, 3.63) is 138 Å². The zero-order valence-electron chi connectivity index (χ0n) is 23.3. The highest BCUT2D eigenvalue weighted by Crippen LogP contribution is 2.47. The fourth-order valence-corrected chi connectivity index (χ4v) is 6.15. The van der Waals surface area contributed by atoms with Crippen LogP contribution in [0.25, 0.3) is 32.3 Å². The van der Waals surface area contributed by atoms with Crippen LogP contribution >= 0.6 is 0 Å². The fourth-order valence-electron chi connectivity index (χ4n) is 6.15. The Labute approximate surface area is 244 Å². The van der Waals surface area contributed by atoms with Gasteiger partial charge in [-0.15, -0.1) is 0 Å². The Morgan fingerprint density at radius 3 is 1.88 bits per heavy atom. The van der Waals surface area contributed by atoms with Gasteiger partial charge in [0.05, 0.1) is 29.0 Å². The van der Waals surface area contributed by atoms with Gasteiger partial charge in [-0.25, -0.2) is 0 Å². The van der Waals surface area contributed by atoms with Crippen LogP contribution in [0.4, 0.5) is 28.4 Å². The highest BCUT2D eigenvalue weighted by molar-refractivity contribution is 6.29. The second-order valence-corrected chi connectivity index (χ2v) is 10.7. The zero-order chi connectivity index (χ0) is 28.8. The summed E-state index contributed by atoms with van der Waals surface area (Å²) in [5.74, 6) is 0. The highest BCUT2D eigenvalue weighted by Gasteiger charge is 2.21. The third-order valence-electron chi connectivity index (χ3n) is 8.05. The standard InChI is InChI=1S/C38H26N4/c1-24-18-35(41-28-10-6-8-26(20-28)22-39)33-16-14-32-25(2)19-36(34-17-15-31(24)37(33)38(32)34)42(29-11-4-3-5-12-29)30-13-7-9-27(21-30)23-40/h3-21,41H,1-2H3. The molecule has 0 atom stereocenters. The molecule has 198 valence electrons. The Hall–Kier alpha value is -5.84. The van der Waals surface area contributed by atoms with E-state index in [2.05, 4.69) is 90.8 Å². The Morgan fingerprint density at radius 1 is 0.548 bits per heavy atom. The summed E-state index contributed by atoms with van der Waals surface area (Å²) >= 11 is 0. The lowest BCUT2D eigenvalue weighted by Gasteiger charge is -2.29. The number of nitriles is 2. The molecule has 1 N–H and O–H groups in total. The first-order valence-electron chi connectivity index (χ1n) is 13.9. The van der Waals surface area contributed by atoms with E-state index in [1.807, 2.05) is 60.7 Å². The molecule has 0 fully saturated rings. The van der Waals surface area contributed by atoms with Gasteiger partial charge in [0.15, 0.2) is 0 Å². The van der Waals surface area contributed by atoms with Crippen molar-refractivity contribution in [1.29, 1.82) is 10.5 Å². The van der Waals surface area contributed by atoms with Gasteiger partial charge in [-0.3, -0.25) is 0 Å². The molecule has 7 aromatic rings. The number of nitrogens with zero attached hydrogens (tertiary/aromatic N) is 3. The summed E-state index contributed by atoms with van der Waals surface area (Å²) in [5.41, 5.74) is 8.52. The van der Waals surface area contributed by atoms with Crippen LogP contribution in [0.3, 0.4) is 0 Å². The summed E-state index contributed by atoms with van der Waals surface area (Å²) in [6.45, 7) is 4.32. The smallest absolute Gasteiger partial charge is 0.0992 e. The summed E-state index contributed by atoms with van der Waals surface area (Å²) in [4.78, 5) is 2.25. The molecular formula is C38H26N4. The summed E-state index contributed by atoms with van der Waals surface area (Å²) in [5, 5.41) is 29.8. The largest absolute Gasteiger partial charge is 0.355 e. The van der Waals surface area contributed by atoms with Crippen molar-refractivity contribution >= 4 is 60.8 Å². The van der Waals surface area contributed by atoms with Gasteiger partial charge in [-0.1, -0.05) is 54.6 Å². The van der Waals surface area contributed by atoms with Gasteiger partial charge in [0.2, 0.25) is 0 Å². The van der Waals surface area contributed by atoms with E-state index in [-0.39, 0.29) is 0 Å². The minimum atomic E-state index is 0.620. The van der Waals surface area contributed by atoms with Gasteiger partial charge in [-0.05, 0) is 107 Å². The van der Waals surface area contributed by atoms with E-state index in [1.165, 1.54) is 32.7 Å². The molecule has 4 heteroatoms. The maximum Gasteiger partial charge on any atom is 0.0992 e. The quantitative estimate of drug-likeness (QED) is 0.221. The lowest BCUT2D eigenvalue weighted by molar-refractivity contribution is 1.29. The van der Waals surface area contributed by atoms with Gasteiger partial charge >= 0.3 is 0 Å². The maximum atomic E-state index is 9.68. The van der Waals surface area contributed by atoms with Gasteiger partial charge in [0.25, 0.3) is 0 Å². The molecule has 0 saturated heterocycles. The van der Waals surface area contributed by atoms with Crippen molar-refractivity contribution in [2.45, 2.75) is 13.8 Å². The van der Waals surface area contributed by atoms with E-state index in [4.69, 9.17) is 0 Å². The number of para-hydroxylation sites is 1. The molecule has 0 amide bonds. The maximum absolute atomic E-state index is 9.68. The second kappa shape index (κ2) is 9.97. The van der Waals surface area contributed by atoms with Crippen molar-refractivity contribution < 1.29 is 0 Å². The molecule has 4 nitrogen and oxygen atoms in total. The number of benzene rings is 7. The van der Waals surface area contributed by atoms with Crippen molar-refractivity contribution in [1.82, 2.24) is 0 Å². The predicted octanol–water partition coefficient (Wildman–Crippen LogP) is 10.2. The first-order valence-corrected chi connectivity index (χ1v) is 13.9. The molecule has 0 radical (unpaired) electrons. The number of aryl methyl sites for hydroxylation is 2. The van der Waals surface area contributed by atoms with Gasteiger partial charge in [0.1, 0.15) is 0 Å². The average molecular weight is 539 g/mol. The Balaban J connectivity index is 1.53. The normalized spacial score (nSPS) is 11.0. The van der Waals surface area contributed by atoms with Gasteiger partial charge < -0.3 is 10.2 Å². The number of nitrogens with one attached hydrogen (secondary N) is 1. The number of hydrogen-bond acceptors (Lipinski definition) is 4. The molecule has 0 spiro atoms. The molecule has 7 aromatic carbocycles. The Bertz CT molecular complexity index is 2220. The number of hydrogen-bond donors (Lipinski definition) is 1. The molecule has 0 aliphatic heterocycles. The van der Waals surface area contributed by atoms with Crippen LogP contribution in [0.15, 0.2) is 115 Å². The Morgan fingerprint density at radius 2 is 1.14 bits per heavy atom. The van der Waals surface area contributed by atoms with E-state index in [0.29, 0.717) is 11.1 Å².